The summed E-state index contributed by atoms with van der Waals surface area (Å²) in [6, 6.07) is 7.49. The molecule has 5 nitrogen and oxygen atoms in total. The number of rotatable bonds is 9. The lowest BCUT2D eigenvalue weighted by Gasteiger charge is -2.21. The maximum absolute atomic E-state index is 12.1. The summed E-state index contributed by atoms with van der Waals surface area (Å²) in [4.78, 5) is 14.5. The van der Waals surface area contributed by atoms with E-state index < -0.39 is 0 Å². The monoisotopic (exact) mass is 373 g/mol. The van der Waals surface area contributed by atoms with Gasteiger partial charge in [-0.3, -0.25) is 9.69 Å². The van der Waals surface area contributed by atoms with Gasteiger partial charge < -0.3 is 15.8 Å². The molecule has 0 spiro atoms. The normalized spacial score (nSPS) is 10.6. The molecule has 116 valence electrons. The van der Waals surface area contributed by atoms with Gasteiger partial charge >= 0.3 is 0 Å². The molecule has 0 atom stereocenters. The summed E-state index contributed by atoms with van der Waals surface area (Å²) < 4.78 is 5.90. The van der Waals surface area contributed by atoms with Gasteiger partial charge in [-0.25, -0.2) is 0 Å². The molecule has 0 saturated carbocycles. The van der Waals surface area contributed by atoms with Crippen molar-refractivity contribution in [1.82, 2.24) is 4.90 Å². The number of halogens is 1. The third kappa shape index (κ3) is 7.52. The van der Waals surface area contributed by atoms with Gasteiger partial charge in [-0.2, -0.15) is 0 Å². The fourth-order valence-corrected chi connectivity index (χ4v) is 2.19. The molecule has 3 N–H and O–H groups in total. The van der Waals surface area contributed by atoms with Crippen molar-refractivity contribution in [2.45, 2.75) is 6.42 Å². The van der Waals surface area contributed by atoms with Gasteiger partial charge in [0.15, 0.2) is 0 Å². The van der Waals surface area contributed by atoms with Crippen LogP contribution in [0.4, 0.5) is 5.69 Å². The summed E-state index contributed by atoms with van der Waals surface area (Å²) >= 11 is 8.28. The van der Waals surface area contributed by atoms with Crippen LogP contribution in [-0.4, -0.2) is 49.1 Å². The number of para-hydroxylation sites is 1. The van der Waals surface area contributed by atoms with Crippen molar-refractivity contribution in [3.63, 3.8) is 0 Å². The Labute approximate surface area is 139 Å². The number of carbonyl (C=O) groups excluding carboxylic acids is 1. The molecule has 0 unspecified atom stereocenters. The van der Waals surface area contributed by atoms with E-state index in [1.807, 2.05) is 29.2 Å². The smallest absolute Gasteiger partial charge is 0.238 e. The number of ether oxygens (including phenoxy) is 1. The van der Waals surface area contributed by atoms with E-state index in [2.05, 4.69) is 21.2 Å². The molecule has 0 aliphatic heterocycles. The molecule has 0 aromatic heterocycles. The highest BCUT2D eigenvalue weighted by molar-refractivity contribution is 9.10. The maximum Gasteiger partial charge on any atom is 0.238 e. The molecule has 0 radical (unpaired) electrons. The summed E-state index contributed by atoms with van der Waals surface area (Å²) in [5, 5.41) is 2.87. The average Bonchev–Trinajstić information content (AvgIpc) is 2.44. The summed E-state index contributed by atoms with van der Waals surface area (Å²) in [5.41, 5.74) is 6.26. The number of anilines is 1. The number of nitrogens with one attached hydrogen (secondary N) is 1. The van der Waals surface area contributed by atoms with E-state index in [4.69, 9.17) is 22.7 Å². The highest BCUT2D eigenvalue weighted by Gasteiger charge is 2.12. The molecular formula is C14H20BrN3O2S. The van der Waals surface area contributed by atoms with Crippen molar-refractivity contribution in [2.24, 2.45) is 5.73 Å². The standard InChI is InChI=1S/C14H20BrN3O2S/c1-20-9-8-18(7-6-13(16)21)10-14(19)17-12-5-3-2-4-11(12)15/h2-5H,6-10H2,1H3,(H2,16,21)(H,17,19). The third-order valence-corrected chi connectivity index (χ3v) is 3.70. The molecule has 0 heterocycles. The van der Waals surface area contributed by atoms with E-state index in [9.17, 15) is 4.79 Å². The second-order valence-corrected chi connectivity index (χ2v) is 5.89. The minimum absolute atomic E-state index is 0.0825. The van der Waals surface area contributed by atoms with Gasteiger partial charge in [-0.05, 0) is 28.1 Å². The number of hydrogen-bond donors (Lipinski definition) is 2. The lowest BCUT2D eigenvalue weighted by atomic mass is 10.3. The summed E-state index contributed by atoms with van der Waals surface area (Å²) in [6.07, 6.45) is 0.585. The lowest BCUT2D eigenvalue weighted by Crippen LogP contribution is -2.37. The highest BCUT2D eigenvalue weighted by atomic mass is 79.9. The van der Waals surface area contributed by atoms with Crippen LogP contribution in [0.1, 0.15) is 6.42 Å². The zero-order chi connectivity index (χ0) is 15.7. The first-order valence-corrected chi connectivity index (χ1v) is 7.77. The fraction of sp³-hybridized carbons (Fsp3) is 0.429. The number of benzene rings is 1. The van der Waals surface area contributed by atoms with E-state index in [0.29, 0.717) is 31.1 Å². The largest absolute Gasteiger partial charge is 0.393 e. The molecule has 0 bridgehead atoms. The predicted octanol–water partition coefficient (Wildman–Crippen LogP) is 2.01. The van der Waals surface area contributed by atoms with Crippen molar-refractivity contribution < 1.29 is 9.53 Å². The molecule has 0 aliphatic rings. The number of carbonyl (C=O) groups is 1. The van der Waals surface area contributed by atoms with Gasteiger partial charge in [0, 0.05) is 31.1 Å². The summed E-state index contributed by atoms with van der Waals surface area (Å²) in [6.45, 7) is 2.12. The number of hydrogen-bond acceptors (Lipinski definition) is 4. The molecule has 0 saturated heterocycles. The topological polar surface area (TPSA) is 67.6 Å². The van der Waals surface area contributed by atoms with Gasteiger partial charge in [0.05, 0.1) is 23.8 Å². The Balaban J connectivity index is 2.54. The Bertz CT molecular complexity index is 485. The number of nitrogens with two attached hydrogens (primary N) is 1. The van der Waals surface area contributed by atoms with Crippen molar-refractivity contribution in [1.29, 1.82) is 0 Å². The van der Waals surface area contributed by atoms with E-state index >= 15 is 0 Å². The van der Waals surface area contributed by atoms with Crippen molar-refractivity contribution in [3.8, 4) is 0 Å². The lowest BCUT2D eigenvalue weighted by molar-refractivity contribution is -0.117. The van der Waals surface area contributed by atoms with Gasteiger partial charge in [0.2, 0.25) is 5.91 Å². The first-order valence-electron chi connectivity index (χ1n) is 6.57. The Morgan fingerprint density at radius 1 is 1.43 bits per heavy atom. The maximum atomic E-state index is 12.1. The second-order valence-electron chi connectivity index (χ2n) is 4.51. The molecule has 7 heteroatoms. The molecular weight excluding hydrogens is 354 g/mol. The predicted molar refractivity (Wildman–Crippen MR) is 92.5 cm³/mol. The average molecular weight is 374 g/mol. The Morgan fingerprint density at radius 3 is 2.76 bits per heavy atom. The Kier molecular flexibility index (Phi) is 8.44. The number of thiocarbonyl (C=S) groups is 1. The third-order valence-electron chi connectivity index (χ3n) is 2.80. The quantitative estimate of drug-likeness (QED) is 0.648. The van der Waals surface area contributed by atoms with Crippen molar-refractivity contribution >= 4 is 44.7 Å². The molecule has 1 rings (SSSR count). The molecule has 21 heavy (non-hydrogen) atoms. The van der Waals surface area contributed by atoms with E-state index in [1.165, 1.54) is 0 Å². The fourth-order valence-electron chi connectivity index (χ4n) is 1.71. The van der Waals surface area contributed by atoms with E-state index in [0.717, 1.165) is 10.2 Å². The van der Waals surface area contributed by atoms with Crippen molar-refractivity contribution in [2.75, 3.05) is 38.7 Å². The molecule has 1 amide bonds. The summed E-state index contributed by atoms with van der Waals surface area (Å²) in [7, 11) is 1.63. The molecule has 0 aliphatic carbocycles. The first kappa shape index (κ1) is 18.0. The molecule has 1 aromatic carbocycles. The SMILES string of the molecule is COCCN(CCC(N)=S)CC(=O)Nc1ccccc1Br. The Hall–Kier alpha value is -1.02. The van der Waals surface area contributed by atoms with Gasteiger partial charge in [-0.1, -0.05) is 24.4 Å². The minimum Gasteiger partial charge on any atom is -0.393 e. The van der Waals surface area contributed by atoms with Gasteiger partial charge in [0.1, 0.15) is 0 Å². The summed E-state index contributed by atoms with van der Waals surface area (Å²) in [5.74, 6) is -0.0825. The minimum atomic E-state index is -0.0825. The zero-order valence-electron chi connectivity index (χ0n) is 12.0. The van der Waals surface area contributed by atoms with E-state index in [-0.39, 0.29) is 12.5 Å². The first-order chi connectivity index (χ1) is 10.0. The van der Waals surface area contributed by atoms with Crippen LogP contribution in [0.5, 0.6) is 0 Å². The van der Waals surface area contributed by atoms with Crippen LogP contribution in [0, 0.1) is 0 Å². The molecule has 1 aromatic rings. The highest BCUT2D eigenvalue weighted by Crippen LogP contribution is 2.20. The Morgan fingerprint density at radius 2 is 2.14 bits per heavy atom. The number of nitrogens with zero attached hydrogens (tertiary/aromatic N) is 1. The van der Waals surface area contributed by atoms with E-state index in [1.54, 1.807) is 7.11 Å². The van der Waals surface area contributed by atoms with Crippen LogP contribution in [-0.2, 0) is 9.53 Å². The van der Waals surface area contributed by atoms with Crippen LogP contribution < -0.4 is 11.1 Å². The van der Waals surface area contributed by atoms with Crippen LogP contribution >= 0.6 is 28.1 Å². The van der Waals surface area contributed by atoms with Crippen LogP contribution in [0.15, 0.2) is 28.7 Å². The van der Waals surface area contributed by atoms with Crippen LogP contribution in [0.2, 0.25) is 0 Å². The zero-order valence-corrected chi connectivity index (χ0v) is 14.4. The molecule has 0 fully saturated rings. The number of amides is 1. The second kappa shape index (κ2) is 9.83. The van der Waals surface area contributed by atoms with Gasteiger partial charge in [0.25, 0.3) is 0 Å². The number of methoxy groups -OCH3 is 1. The van der Waals surface area contributed by atoms with Crippen LogP contribution in [0.3, 0.4) is 0 Å². The van der Waals surface area contributed by atoms with Crippen LogP contribution in [0.25, 0.3) is 0 Å². The van der Waals surface area contributed by atoms with Crippen molar-refractivity contribution in [3.05, 3.63) is 28.7 Å². The van der Waals surface area contributed by atoms with Gasteiger partial charge in [-0.15, -0.1) is 0 Å².